The molecule has 2 unspecified atom stereocenters. The van der Waals surface area contributed by atoms with Crippen LogP contribution in [0.5, 0.6) is 0 Å². The summed E-state index contributed by atoms with van der Waals surface area (Å²) in [5, 5.41) is 1.51. The van der Waals surface area contributed by atoms with Crippen molar-refractivity contribution in [2.75, 3.05) is 11.1 Å². The minimum Gasteiger partial charge on any atom is -0.259 e. The van der Waals surface area contributed by atoms with E-state index in [2.05, 4.69) is 15.9 Å². The van der Waals surface area contributed by atoms with Crippen molar-refractivity contribution in [2.45, 2.75) is 24.5 Å². The van der Waals surface area contributed by atoms with Crippen molar-refractivity contribution in [2.24, 2.45) is 0 Å². The second-order valence-electron chi connectivity index (χ2n) is 2.33. The summed E-state index contributed by atoms with van der Waals surface area (Å²) in [5.41, 5.74) is 0. The molecule has 9 heavy (non-hydrogen) atoms. The lowest BCUT2D eigenvalue weighted by atomic mass is 10.2. The van der Waals surface area contributed by atoms with Crippen molar-refractivity contribution in [1.82, 2.24) is 0 Å². The average molecular weight is 211 g/mol. The van der Waals surface area contributed by atoms with E-state index >= 15 is 0 Å². The number of alkyl halides is 1. The number of hydrogen-bond donors (Lipinski definition) is 0. The van der Waals surface area contributed by atoms with E-state index < -0.39 is 10.8 Å². The van der Waals surface area contributed by atoms with E-state index in [0.717, 1.165) is 17.5 Å². The SMILES string of the molecule is O=S1CCCC1CCBr. The first-order valence-electron chi connectivity index (χ1n) is 3.27. The minimum atomic E-state index is -0.491. The summed E-state index contributed by atoms with van der Waals surface area (Å²) in [5.74, 6) is 0.942. The maximum atomic E-state index is 11.1. The van der Waals surface area contributed by atoms with Crippen molar-refractivity contribution in [1.29, 1.82) is 0 Å². The highest BCUT2D eigenvalue weighted by Gasteiger charge is 2.21. The monoisotopic (exact) mass is 210 g/mol. The average Bonchev–Trinajstić information content (AvgIpc) is 2.18. The Labute approximate surface area is 66.8 Å². The second kappa shape index (κ2) is 3.71. The lowest BCUT2D eigenvalue weighted by Crippen LogP contribution is -2.08. The van der Waals surface area contributed by atoms with Crippen molar-refractivity contribution in [3.63, 3.8) is 0 Å². The summed E-state index contributed by atoms with van der Waals surface area (Å²) < 4.78 is 11.1. The molecule has 3 heteroatoms. The summed E-state index contributed by atoms with van der Waals surface area (Å²) in [7, 11) is -0.491. The fourth-order valence-electron chi connectivity index (χ4n) is 1.15. The summed E-state index contributed by atoms with van der Waals surface area (Å²) in [6.45, 7) is 0. The zero-order valence-electron chi connectivity index (χ0n) is 5.31. The predicted molar refractivity (Wildman–Crippen MR) is 44.4 cm³/mol. The Bertz CT molecular complexity index is 116. The van der Waals surface area contributed by atoms with E-state index in [1.54, 1.807) is 0 Å². The summed E-state index contributed by atoms with van der Waals surface area (Å²) in [6, 6.07) is 0. The van der Waals surface area contributed by atoms with Crippen molar-refractivity contribution in [3.05, 3.63) is 0 Å². The highest BCUT2D eigenvalue weighted by Crippen LogP contribution is 2.19. The van der Waals surface area contributed by atoms with Gasteiger partial charge in [0.05, 0.1) is 0 Å². The van der Waals surface area contributed by atoms with Gasteiger partial charge in [-0.15, -0.1) is 0 Å². The molecular formula is C6H11BrOS. The van der Waals surface area contributed by atoms with Gasteiger partial charge in [0.1, 0.15) is 0 Å². The molecule has 1 aliphatic heterocycles. The standard InChI is InChI=1S/C6H11BrOS/c7-4-3-6-2-1-5-9(6)8/h6H,1-5H2. The van der Waals surface area contributed by atoms with Gasteiger partial charge < -0.3 is 0 Å². The molecule has 2 atom stereocenters. The molecule has 0 spiro atoms. The third-order valence-corrected chi connectivity index (χ3v) is 4.04. The Morgan fingerprint density at radius 3 is 2.89 bits per heavy atom. The van der Waals surface area contributed by atoms with Crippen molar-refractivity contribution in [3.8, 4) is 0 Å². The normalized spacial score (nSPS) is 35.2. The van der Waals surface area contributed by atoms with Crippen LogP contribution in [0.25, 0.3) is 0 Å². The lowest BCUT2D eigenvalue weighted by molar-refractivity contribution is 0.672. The predicted octanol–water partition coefficient (Wildman–Crippen LogP) is 1.68. The summed E-state index contributed by atoms with van der Waals surface area (Å²) in [4.78, 5) is 0. The molecule has 54 valence electrons. The van der Waals surface area contributed by atoms with Gasteiger partial charge in [0.25, 0.3) is 0 Å². The van der Waals surface area contributed by atoms with Crippen LogP contribution in [0.4, 0.5) is 0 Å². The molecule has 1 nitrogen and oxygen atoms in total. The first-order valence-corrected chi connectivity index (χ1v) is 5.78. The molecule has 0 aromatic rings. The zero-order valence-corrected chi connectivity index (χ0v) is 7.71. The van der Waals surface area contributed by atoms with Crippen LogP contribution in [-0.2, 0) is 10.8 Å². The highest BCUT2D eigenvalue weighted by atomic mass is 79.9. The van der Waals surface area contributed by atoms with Crippen LogP contribution in [0.15, 0.2) is 0 Å². The van der Waals surface area contributed by atoms with Gasteiger partial charge in [-0.25, -0.2) is 0 Å². The van der Waals surface area contributed by atoms with Gasteiger partial charge in [-0.1, -0.05) is 15.9 Å². The maximum Gasteiger partial charge on any atom is 0.0356 e. The van der Waals surface area contributed by atoms with Gasteiger partial charge in [-0.3, -0.25) is 4.21 Å². The number of halogens is 1. The van der Waals surface area contributed by atoms with Gasteiger partial charge in [-0.05, 0) is 19.3 Å². The quantitative estimate of drug-likeness (QED) is 0.635. The van der Waals surface area contributed by atoms with Crippen LogP contribution < -0.4 is 0 Å². The van der Waals surface area contributed by atoms with Crippen LogP contribution >= 0.6 is 15.9 Å². The third kappa shape index (κ3) is 2.04. The number of rotatable bonds is 2. The zero-order chi connectivity index (χ0) is 6.69. The lowest BCUT2D eigenvalue weighted by Gasteiger charge is -2.02. The molecule has 1 heterocycles. The molecule has 0 aliphatic carbocycles. The van der Waals surface area contributed by atoms with Crippen LogP contribution in [0, 0.1) is 0 Å². The number of hydrogen-bond acceptors (Lipinski definition) is 1. The fourth-order valence-corrected chi connectivity index (χ4v) is 3.60. The first kappa shape index (κ1) is 7.73. The molecule has 0 radical (unpaired) electrons. The van der Waals surface area contributed by atoms with Crippen LogP contribution in [0.2, 0.25) is 0 Å². The summed E-state index contributed by atoms with van der Waals surface area (Å²) in [6.07, 6.45) is 3.44. The van der Waals surface area contributed by atoms with Crippen molar-refractivity contribution < 1.29 is 4.21 Å². The Morgan fingerprint density at radius 1 is 1.67 bits per heavy atom. The van der Waals surface area contributed by atoms with Gasteiger partial charge in [0, 0.05) is 27.1 Å². The largest absolute Gasteiger partial charge is 0.259 e. The molecule has 0 aromatic heterocycles. The van der Waals surface area contributed by atoms with E-state index in [1.807, 2.05) is 0 Å². The molecule has 0 N–H and O–H groups in total. The molecule has 0 amide bonds. The van der Waals surface area contributed by atoms with Crippen molar-refractivity contribution >= 4 is 26.7 Å². The molecular weight excluding hydrogens is 200 g/mol. The first-order chi connectivity index (χ1) is 4.34. The Kier molecular flexibility index (Phi) is 3.19. The van der Waals surface area contributed by atoms with E-state index in [9.17, 15) is 4.21 Å². The Balaban J connectivity index is 2.31. The van der Waals surface area contributed by atoms with E-state index in [4.69, 9.17) is 0 Å². The molecule has 0 bridgehead atoms. The van der Waals surface area contributed by atoms with Crippen LogP contribution in [-0.4, -0.2) is 20.5 Å². The van der Waals surface area contributed by atoms with Gasteiger partial charge in [0.2, 0.25) is 0 Å². The van der Waals surface area contributed by atoms with Crippen LogP contribution in [0.3, 0.4) is 0 Å². The molecule has 0 saturated carbocycles. The van der Waals surface area contributed by atoms with Gasteiger partial charge in [-0.2, -0.15) is 0 Å². The van der Waals surface area contributed by atoms with Crippen LogP contribution in [0.1, 0.15) is 19.3 Å². The minimum absolute atomic E-state index is 0.491. The van der Waals surface area contributed by atoms with E-state index in [0.29, 0.717) is 5.25 Å². The Hall–Kier alpha value is 0.630. The smallest absolute Gasteiger partial charge is 0.0356 e. The maximum absolute atomic E-state index is 11.1. The van der Waals surface area contributed by atoms with Gasteiger partial charge >= 0.3 is 0 Å². The fraction of sp³-hybridized carbons (Fsp3) is 1.00. The Morgan fingerprint density at radius 2 is 2.44 bits per heavy atom. The second-order valence-corrected chi connectivity index (χ2v) is 4.96. The molecule has 0 aromatic carbocycles. The molecule has 1 aliphatic rings. The summed E-state index contributed by atoms with van der Waals surface area (Å²) >= 11 is 3.35. The topological polar surface area (TPSA) is 17.1 Å². The van der Waals surface area contributed by atoms with E-state index in [-0.39, 0.29) is 0 Å². The molecule has 1 rings (SSSR count). The molecule has 1 saturated heterocycles. The van der Waals surface area contributed by atoms with E-state index in [1.165, 1.54) is 12.8 Å². The highest BCUT2D eigenvalue weighted by molar-refractivity contribution is 9.09. The third-order valence-electron chi connectivity index (χ3n) is 1.67. The molecule has 1 fully saturated rings. The van der Waals surface area contributed by atoms with Gasteiger partial charge in [0.15, 0.2) is 0 Å².